The lowest BCUT2D eigenvalue weighted by Crippen LogP contribution is -2.69. The Morgan fingerprint density at radius 2 is 1.73 bits per heavy atom. The molecule has 13 unspecified atom stereocenters. The van der Waals surface area contributed by atoms with Gasteiger partial charge in [-0.25, -0.2) is 0 Å². The van der Waals surface area contributed by atoms with Gasteiger partial charge < -0.3 is 24.8 Å². The van der Waals surface area contributed by atoms with Crippen LogP contribution in [0.2, 0.25) is 0 Å². The molecule has 0 amide bonds. The molecule has 4 saturated carbocycles. The zero-order valence-electron chi connectivity index (χ0n) is 20.6. The fourth-order valence-electron chi connectivity index (χ4n) is 10.1. The van der Waals surface area contributed by atoms with Crippen molar-refractivity contribution in [2.75, 3.05) is 6.61 Å². The molecule has 2 saturated heterocycles. The molecule has 6 rings (SSSR count). The second-order valence-corrected chi connectivity index (χ2v) is 13.3. The van der Waals surface area contributed by atoms with Crippen molar-refractivity contribution in [2.24, 2.45) is 46.3 Å². The molecule has 2 aliphatic heterocycles. The Morgan fingerprint density at radius 1 is 1.00 bits per heavy atom. The number of ketones is 1. The van der Waals surface area contributed by atoms with Crippen LogP contribution >= 0.6 is 0 Å². The molecular formula is C27H42O6. The molecule has 13 atom stereocenters. The Hall–Kier alpha value is -0.530. The first-order valence-corrected chi connectivity index (χ1v) is 13.4. The van der Waals surface area contributed by atoms with Gasteiger partial charge in [0, 0.05) is 30.6 Å². The minimum atomic E-state index is -1.53. The fraction of sp³-hybridized carbons (Fsp3) is 0.963. The van der Waals surface area contributed by atoms with Gasteiger partial charge in [-0.3, -0.25) is 4.79 Å². The zero-order chi connectivity index (χ0) is 23.6. The van der Waals surface area contributed by atoms with Gasteiger partial charge in [0.05, 0.1) is 24.9 Å². The van der Waals surface area contributed by atoms with Gasteiger partial charge in [0.2, 0.25) is 0 Å². The third-order valence-electron chi connectivity index (χ3n) is 11.9. The molecule has 0 aromatic rings. The molecule has 3 N–H and O–H groups in total. The zero-order valence-corrected chi connectivity index (χ0v) is 20.6. The van der Waals surface area contributed by atoms with Gasteiger partial charge in [-0.05, 0) is 67.1 Å². The highest BCUT2D eigenvalue weighted by atomic mass is 16.7. The summed E-state index contributed by atoms with van der Waals surface area (Å²) in [5.74, 6) is 1.53. The van der Waals surface area contributed by atoms with E-state index >= 15 is 0 Å². The van der Waals surface area contributed by atoms with E-state index in [1.54, 1.807) is 0 Å². The Bertz CT molecular complexity index is 836. The van der Waals surface area contributed by atoms with E-state index in [0.29, 0.717) is 30.1 Å². The molecule has 0 bridgehead atoms. The van der Waals surface area contributed by atoms with Crippen LogP contribution in [0, 0.1) is 46.3 Å². The molecule has 6 heteroatoms. The van der Waals surface area contributed by atoms with E-state index in [1.807, 2.05) is 6.92 Å². The van der Waals surface area contributed by atoms with Gasteiger partial charge in [-0.2, -0.15) is 0 Å². The molecule has 1 spiro atoms. The number of carbonyl (C=O) groups is 1. The van der Waals surface area contributed by atoms with E-state index in [0.717, 1.165) is 38.7 Å². The summed E-state index contributed by atoms with van der Waals surface area (Å²) in [5.41, 5.74) is -2.13. The van der Waals surface area contributed by atoms with Crippen molar-refractivity contribution >= 4 is 5.78 Å². The summed E-state index contributed by atoms with van der Waals surface area (Å²) in [5, 5.41) is 32.4. The molecule has 33 heavy (non-hydrogen) atoms. The van der Waals surface area contributed by atoms with Crippen LogP contribution < -0.4 is 0 Å². The first kappa shape index (κ1) is 22.9. The van der Waals surface area contributed by atoms with Crippen LogP contribution in [0.3, 0.4) is 0 Å². The highest BCUT2D eigenvalue weighted by molar-refractivity contribution is 5.89. The SMILES string of the molecule is CC1CCC2(OC1)OC1CC3C4CC(=O)C5(O)CC(O)C(O)CC5(C)C4CCC3(C)C1C2C. The first-order chi connectivity index (χ1) is 15.5. The third kappa shape index (κ3) is 2.76. The van der Waals surface area contributed by atoms with Gasteiger partial charge in [-0.1, -0.05) is 27.7 Å². The summed E-state index contributed by atoms with van der Waals surface area (Å²) in [7, 11) is 0. The molecule has 4 aliphatic carbocycles. The molecule has 6 nitrogen and oxygen atoms in total. The number of aliphatic hydroxyl groups is 3. The normalized spacial score (nSPS) is 62.5. The number of hydrogen-bond acceptors (Lipinski definition) is 6. The van der Waals surface area contributed by atoms with E-state index in [2.05, 4.69) is 20.8 Å². The van der Waals surface area contributed by atoms with Gasteiger partial charge in [0.15, 0.2) is 11.6 Å². The Balaban J connectivity index is 1.31. The van der Waals surface area contributed by atoms with Crippen molar-refractivity contribution in [2.45, 2.75) is 109 Å². The summed E-state index contributed by atoms with van der Waals surface area (Å²) in [6.07, 6.45) is 3.96. The van der Waals surface area contributed by atoms with E-state index < -0.39 is 29.0 Å². The number of aliphatic hydroxyl groups excluding tert-OH is 2. The standard InChI is InChI=1S/C27H42O6/c1-14-5-8-27(32-13-14)15(2)23-21(33-27)10-18-16-9-22(30)26(31)12-20(29)19(28)11-25(26,4)17(16)6-7-24(18,23)3/h14-21,23,28-29,31H,5-13H2,1-4H3. The summed E-state index contributed by atoms with van der Waals surface area (Å²) >= 11 is 0. The predicted molar refractivity (Wildman–Crippen MR) is 121 cm³/mol. The first-order valence-electron chi connectivity index (χ1n) is 13.4. The number of Topliss-reactive ketones (excluding diaryl/α,β-unsaturated/α-hetero) is 1. The van der Waals surface area contributed by atoms with E-state index in [4.69, 9.17) is 9.47 Å². The van der Waals surface area contributed by atoms with Gasteiger partial charge >= 0.3 is 0 Å². The fourth-order valence-corrected chi connectivity index (χ4v) is 10.1. The molecule has 186 valence electrons. The lowest BCUT2D eigenvalue weighted by molar-refractivity contribution is -0.274. The van der Waals surface area contributed by atoms with Crippen LogP contribution in [0.15, 0.2) is 0 Å². The van der Waals surface area contributed by atoms with Gasteiger partial charge in [0.1, 0.15) is 5.60 Å². The third-order valence-corrected chi connectivity index (χ3v) is 11.9. The second kappa shape index (κ2) is 7.03. The quantitative estimate of drug-likeness (QED) is 0.512. The molecule has 6 fully saturated rings. The average molecular weight is 463 g/mol. The highest BCUT2D eigenvalue weighted by Gasteiger charge is 2.72. The van der Waals surface area contributed by atoms with Crippen LogP contribution in [-0.2, 0) is 14.3 Å². The van der Waals surface area contributed by atoms with Crippen LogP contribution in [0.25, 0.3) is 0 Å². The van der Waals surface area contributed by atoms with E-state index in [-0.39, 0.29) is 42.0 Å². The average Bonchev–Trinajstić information content (AvgIpc) is 3.19. The lowest BCUT2D eigenvalue weighted by Gasteiger charge is -2.63. The highest BCUT2D eigenvalue weighted by Crippen LogP contribution is 2.71. The Kier molecular flexibility index (Phi) is 4.88. The molecular weight excluding hydrogens is 420 g/mol. The summed E-state index contributed by atoms with van der Waals surface area (Å²) < 4.78 is 13.2. The number of ether oxygens (including phenoxy) is 2. The largest absolute Gasteiger partial charge is 0.390 e. The van der Waals surface area contributed by atoms with Crippen molar-refractivity contribution in [1.82, 2.24) is 0 Å². The Morgan fingerprint density at radius 3 is 2.42 bits per heavy atom. The number of fused-ring (bicyclic) bond motifs is 7. The van der Waals surface area contributed by atoms with E-state index in [1.165, 1.54) is 0 Å². The smallest absolute Gasteiger partial charge is 0.171 e. The van der Waals surface area contributed by atoms with Crippen molar-refractivity contribution in [3.05, 3.63) is 0 Å². The molecule has 6 aliphatic rings. The maximum absolute atomic E-state index is 13.4. The Labute approximate surface area is 197 Å². The maximum atomic E-state index is 13.4. The second-order valence-electron chi connectivity index (χ2n) is 13.3. The van der Waals surface area contributed by atoms with Crippen LogP contribution in [-0.4, -0.2) is 57.4 Å². The summed E-state index contributed by atoms with van der Waals surface area (Å²) in [4.78, 5) is 13.4. The molecule has 0 radical (unpaired) electrons. The van der Waals surface area contributed by atoms with Crippen LogP contribution in [0.1, 0.15) is 79.1 Å². The molecule has 2 heterocycles. The van der Waals surface area contributed by atoms with E-state index in [9.17, 15) is 20.1 Å². The minimum Gasteiger partial charge on any atom is -0.390 e. The summed E-state index contributed by atoms with van der Waals surface area (Å²) in [6.45, 7) is 9.77. The van der Waals surface area contributed by atoms with Crippen LogP contribution in [0.4, 0.5) is 0 Å². The van der Waals surface area contributed by atoms with Crippen molar-refractivity contribution in [1.29, 1.82) is 0 Å². The minimum absolute atomic E-state index is 0.0433. The molecule has 0 aromatic carbocycles. The summed E-state index contributed by atoms with van der Waals surface area (Å²) in [6, 6.07) is 0. The topological polar surface area (TPSA) is 96.2 Å². The van der Waals surface area contributed by atoms with Crippen LogP contribution in [0.5, 0.6) is 0 Å². The van der Waals surface area contributed by atoms with Gasteiger partial charge in [-0.15, -0.1) is 0 Å². The maximum Gasteiger partial charge on any atom is 0.171 e. The van der Waals surface area contributed by atoms with Crippen molar-refractivity contribution in [3.63, 3.8) is 0 Å². The number of rotatable bonds is 0. The van der Waals surface area contributed by atoms with Crippen molar-refractivity contribution in [3.8, 4) is 0 Å². The predicted octanol–water partition coefficient (Wildman–Crippen LogP) is 3.06. The molecule has 0 aromatic heterocycles. The number of hydrogen-bond donors (Lipinski definition) is 3. The number of carbonyl (C=O) groups excluding carboxylic acids is 1. The van der Waals surface area contributed by atoms with Gasteiger partial charge in [0.25, 0.3) is 0 Å². The van der Waals surface area contributed by atoms with Crippen molar-refractivity contribution < 1.29 is 29.6 Å². The lowest BCUT2D eigenvalue weighted by atomic mass is 9.42. The monoisotopic (exact) mass is 462 g/mol.